The van der Waals surface area contributed by atoms with Gasteiger partial charge >= 0.3 is 0 Å². The monoisotopic (exact) mass is 172 g/mol. The molecule has 0 saturated carbocycles. The normalized spacial score (nSPS) is 10.0. The Morgan fingerprint density at radius 2 is 2.09 bits per heavy atom. The minimum Gasteiger partial charge on any atom is -0.508 e. The number of phenolic OH excluding ortho intramolecular Hbond substituents is 1. The largest absolute Gasteiger partial charge is 0.508 e. The van der Waals surface area contributed by atoms with Crippen LogP contribution in [0.4, 0.5) is 0 Å². The standard InChI is InChI=1S/C8H9ClO2/c9-7-2-1-3-8(11)6(7)4-5-10/h1-3,10-11H,4-5H2. The van der Waals surface area contributed by atoms with Crippen LogP contribution in [0.25, 0.3) is 0 Å². The number of hydrogen-bond donors (Lipinski definition) is 2. The quantitative estimate of drug-likeness (QED) is 0.711. The van der Waals surface area contributed by atoms with Gasteiger partial charge in [0.25, 0.3) is 0 Å². The highest BCUT2D eigenvalue weighted by molar-refractivity contribution is 6.31. The summed E-state index contributed by atoms with van der Waals surface area (Å²) in [7, 11) is 0. The van der Waals surface area contributed by atoms with Crippen molar-refractivity contribution in [3.63, 3.8) is 0 Å². The van der Waals surface area contributed by atoms with Crippen molar-refractivity contribution in [2.75, 3.05) is 6.61 Å². The number of aromatic hydroxyl groups is 1. The van der Waals surface area contributed by atoms with Crippen LogP contribution in [0.3, 0.4) is 0 Å². The summed E-state index contributed by atoms with van der Waals surface area (Å²) in [5.41, 5.74) is 0.608. The third kappa shape index (κ3) is 1.85. The molecule has 1 aromatic carbocycles. The summed E-state index contributed by atoms with van der Waals surface area (Å²) in [5.74, 6) is 0.145. The lowest BCUT2D eigenvalue weighted by Crippen LogP contribution is -1.91. The third-order valence-electron chi connectivity index (χ3n) is 1.46. The average molecular weight is 173 g/mol. The molecule has 0 radical (unpaired) electrons. The Bertz CT molecular complexity index is 228. The maximum absolute atomic E-state index is 9.23. The molecule has 0 fully saturated rings. The van der Waals surface area contributed by atoms with E-state index in [1.54, 1.807) is 18.2 Å². The van der Waals surface area contributed by atoms with E-state index in [4.69, 9.17) is 16.7 Å². The smallest absolute Gasteiger partial charge is 0.120 e. The molecule has 0 aliphatic rings. The van der Waals surface area contributed by atoms with Crippen LogP contribution in [0.15, 0.2) is 18.2 Å². The van der Waals surface area contributed by atoms with Crippen molar-refractivity contribution >= 4 is 11.6 Å². The molecule has 1 aromatic rings. The van der Waals surface area contributed by atoms with Crippen LogP contribution >= 0.6 is 11.6 Å². The minimum absolute atomic E-state index is 0.00269. The molecule has 0 bridgehead atoms. The zero-order chi connectivity index (χ0) is 8.27. The highest BCUT2D eigenvalue weighted by atomic mass is 35.5. The number of rotatable bonds is 2. The number of hydrogen-bond acceptors (Lipinski definition) is 2. The molecule has 0 aliphatic carbocycles. The van der Waals surface area contributed by atoms with Crippen LogP contribution in [-0.2, 0) is 6.42 Å². The molecule has 0 heterocycles. The fourth-order valence-electron chi connectivity index (χ4n) is 0.907. The van der Waals surface area contributed by atoms with Gasteiger partial charge in [-0.1, -0.05) is 17.7 Å². The van der Waals surface area contributed by atoms with E-state index < -0.39 is 0 Å². The van der Waals surface area contributed by atoms with Crippen molar-refractivity contribution < 1.29 is 10.2 Å². The van der Waals surface area contributed by atoms with Gasteiger partial charge in [0.05, 0.1) is 0 Å². The predicted molar refractivity (Wildman–Crippen MR) is 43.9 cm³/mol. The maximum atomic E-state index is 9.23. The van der Waals surface area contributed by atoms with Gasteiger partial charge in [0.1, 0.15) is 5.75 Å². The van der Waals surface area contributed by atoms with Gasteiger partial charge in [-0.15, -0.1) is 0 Å². The Kier molecular flexibility index (Phi) is 2.74. The summed E-state index contributed by atoms with van der Waals surface area (Å²) in [6.45, 7) is -0.00269. The first-order valence-electron chi connectivity index (χ1n) is 3.33. The molecule has 0 spiro atoms. The van der Waals surface area contributed by atoms with Crippen LogP contribution < -0.4 is 0 Å². The van der Waals surface area contributed by atoms with Crippen molar-refractivity contribution in [1.29, 1.82) is 0 Å². The summed E-state index contributed by atoms with van der Waals surface area (Å²) < 4.78 is 0. The Hall–Kier alpha value is -0.730. The molecule has 2 N–H and O–H groups in total. The topological polar surface area (TPSA) is 40.5 Å². The number of phenols is 1. The van der Waals surface area contributed by atoms with E-state index in [1.165, 1.54) is 0 Å². The fraction of sp³-hybridized carbons (Fsp3) is 0.250. The molecule has 0 aliphatic heterocycles. The van der Waals surface area contributed by atoms with Crippen molar-refractivity contribution in [2.24, 2.45) is 0 Å². The lowest BCUT2D eigenvalue weighted by Gasteiger charge is -2.03. The molecule has 11 heavy (non-hydrogen) atoms. The highest BCUT2D eigenvalue weighted by Crippen LogP contribution is 2.24. The second-order valence-electron chi connectivity index (χ2n) is 2.21. The summed E-state index contributed by atoms with van der Waals surface area (Å²) in [6.07, 6.45) is 0.394. The van der Waals surface area contributed by atoms with E-state index >= 15 is 0 Å². The lowest BCUT2D eigenvalue weighted by atomic mass is 10.1. The van der Waals surface area contributed by atoms with Gasteiger partial charge < -0.3 is 10.2 Å². The summed E-state index contributed by atoms with van der Waals surface area (Å²) >= 11 is 5.74. The SMILES string of the molecule is OCCc1c(O)cccc1Cl. The highest BCUT2D eigenvalue weighted by Gasteiger charge is 2.03. The van der Waals surface area contributed by atoms with Gasteiger partial charge in [-0.2, -0.15) is 0 Å². The van der Waals surface area contributed by atoms with E-state index in [-0.39, 0.29) is 12.4 Å². The lowest BCUT2D eigenvalue weighted by molar-refractivity contribution is 0.297. The molecule has 0 atom stereocenters. The molecular weight excluding hydrogens is 164 g/mol. The van der Waals surface area contributed by atoms with Crippen LogP contribution in [0.2, 0.25) is 5.02 Å². The first-order valence-corrected chi connectivity index (χ1v) is 3.70. The molecule has 0 saturated heterocycles. The molecule has 2 nitrogen and oxygen atoms in total. The van der Waals surface area contributed by atoms with E-state index in [2.05, 4.69) is 0 Å². The number of benzene rings is 1. The Morgan fingerprint density at radius 3 is 2.64 bits per heavy atom. The molecule has 60 valence electrons. The van der Waals surface area contributed by atoms with Crippen LogP contribution in [0.5, 0.6) is 5.75 Å². The third-order valence-corrected chi connectivity index (χ3v) is 1.81. The van der Waals surface area contributed by atoms with Gasteiger partial charge in [-0.3, -0.25) is 0 Å². The Labute approximate surface area is 70.1 Å². The Balaban J connectivity index is 3.00. The second kappa shape index (κ2) is 3.60. The molecule has 3 heteroatoms. The molecule has 1 rings (SSSR count). The van der Waals surface area contributed by atoms with Gasteiger partial charge in [0.2, 0.25) is 0 Å². The van der Waals surface area contributed by atoms with Crippen molar-refractivity contribution in [3.05, 3.63) is 28.8 Å². The Morgan fingerprint density at radius 1 is 1.36 bits per heavy atom. The van der Waals surface area contributed by atoms with Crippen LogP contribution in [0.1, 0.15) is 5.56 Å². The summed E-state index contributed by atoms with van der Waals surface area (Å²) in [6, 6.07) is 4.90. The van der Waals surface area contributed by atoms with Crippen molar-refractivity contribution in [1.82, 2.24) is 0 Å². The molecular formula is C8H9ClO2. The van der Waals surface area contributed by atoms with Gasteiger partial charge in [-0.05, 0) is 12.1 Å². The zero-order valence-electron chi connectivity index (χ0n) is 5.92. The van der Waals surface area contributed by atoms with E-state index in [9.17, 15) is 5.11 Å². The van der Waals surface area contributed by atoms with Crippen molar-refractivity contribution in [2.45, 2.75) is 6.42 Å². The number of aliphatic hydroxyl groups is 1. The molecule has 0 unspecified atom stereocenters. The first kappa shape index (κ1) is 8.37. The minimum atomic E-state index is -0.00269. The fourth-order valence-corrected chi connectivity index (χ4v) is 1.17. The second-order valence-corrected chi connectivity index (χ2v) is 2.62. The summed E-state index contributed by atoms with van der Waals surface area (Å²) in [5, 5.41) is 18.3. The van der Waals surface area contributed by atoms with E-state index in [1.807, 2.05) is 0 Å². The average Bonchev–Trinajstić information content (AvgIpc) is 1.97. The maximum Gasteiger partial charge on any atom is 0.120 e. The van der Waals surface area contributed by atoms with Crippen LogP contribution in [-0.4, -0.2) is 16.8 Å². The zero-order valence-corrected chi connectivity index (χ0v) is 6.67. The van der Waals surface area contributed by atoms with Crippen molar-refractivity contribution in [3.8, 4) is 5.75 Å². The number of halogens is 1. The van der Waals surface area contributed by atoms with Gasteiger partial charge in [0, 0.05) is 23.6 Å². The number of aliphatic hydroxyl groups excluding tert-OH is 1. The summed E-state index contributed by atoms with van der Waals surface area (Å²) in [4.78, 5) is 0. The molecule has 0 aromatic heterocycles. The van der Waals surface area contributed by atoms with Gasteiger partial charge in [0.15, 0.2) is 0 Å². The molecule has 0 amide bonds. The van der Waals surface area contributed by atoms with Crippen LogP contribution in [0, 0.1) is 0 Å². The van der Waals surface area contributed by atoms with E-state index in [0.717, 1.165) is 0 Å². The van der Waals surface area contributed by atoms with Gasteiger partial charge in [-0.25, -0.2) is 0 Å². The van der Waals surface area contributed by atoms with E-state index in [0.29, 0.717) is 17.0 Å². The predicted octanol–water partition coefficient (Wildman–Crippen LogP) is 1.58. The first-order chi connectivity index (χ1) is 5.25.